The lowest BCUT2D eigenvalue weighted by molar-refractivity contribution is 0.445. The van der Waals surface area contributed by atoms with Gasteiger partial charge in [0.1, 0.15) is 0 Å². The second kappa shape index (κ2) is 9.49. The Morgan fingerprint density at radius 1 is 1.17 bits per heavy atom. The molecule has 0 aliphatic heterocycles. The van der Waals surface area contributed by atoms with E-state index in [0.29, 0.717) is 28.9 Å². The van der Waals surface area contributed by atoms with Crippen LogP contribution in [0.15, 0.2) is 63.9 Å². The molecule has 0 fully saturated rings. The predicted molar refractivity (Wildman–Crippen MR) is 120 cm³/mol. The third-order valence-electron chi connectivity index (χ3n) is 4.25. The molecule has 0 radical (unpaired) electrons. The Kier molecular flexibility index (Phi) is 7.02. The Morgan fingerprint density at radius 2 is 1.93 bits per heavy atom. The van der Waals surface area contributed by atoms with Crippen molar-refractivity contribution in [1.29, 1.82) is 0 Å². The summed E-state index contributed by atoms with van der Waals surface area (Å²) in [7, 11) is -3.52. The highest BCUT2D eigenvalue weighted by Gasteiger charge is 2.22. The van der Waals surface area contributed by atoms with Gasteiger partial charge in [-0.15, -0.1) is 11.3 Å². The zero-order chi connectivity index (χ0) is 20.9. The molecule has 0 spiro atoms. The quantitative estimate of drug-likeness (QED) is 0.391. The van der Waals surface area contributed by atoms with Crippen LogP contribution in [0.25, 0.3) is 11.3 Å². The van der Waals surface area contributed by atoms with Crippen LogP contribution in [0.2, 0.25) is 5.02 Å². The van der Waals surface area contributed by atoms with Crippen molar-refractivity contribution < 1.29 is 8.42 Å². The first-order valence-electron chi connectivity index (χ1n) is 9.05. The first kappa shape index (κ1) is 21.4. The lowest BCUT2D eigenvalue weighted by atomic mass is 10.2. The molecule has 0 aliphatic carbocycles. The smallest absolute Gasteiger partial charge is 0.243 e. The number of anilines is 1. The Balaban J connectivity index is 1.78. The van der Waals surface area contributed by atoms with Gasteiger partial charge in [0, 0.05) is 34.6 Å². The molecule has 0 saturated carbocycles. The van der Waals surface area contributed by atoms with Gasteiger partial charge in [0.25, 0.3) is 0 Å². The average Bonchev–Trinajstić information content (AvgIpc) is 3.19. The van der Waals surface area contributed by atoms with Crippen LogP contribution in [0, 0.1) is 0 Å². The molecule has 152 valence electrons. The van der Waals surface area contributed by atoms with E-state index in [0.717, 1.165) is 11.1 Å². The highest BCUT2D eigenvalue weighted by atomic mass is 35.5. The van der Waals surface area contributed by atoms with Crippen molar-refractivity contribution in [2.45, 2.75) is 18.7 Å². The number of nitrogens with zero attached hydrogens (tertiary/aromatic N) is 3. The van der Waals surface area contributed by atoms with Crippen LogP contribution in [0.5, 0.6) is 0 Å². The van der Waals surface area contributed by atoms with Crippen LogP contribution in [0.4, 0.5) is 5.13 Å². The minimum Gasteiger partial charge on any atom is -0.253 e. The molecule has 1 N–H and O–H groups in total. The Bertz CT molecular complexity index is 1110. The van der Waals surface area contributed by atoms with Crippen molar-refractivity contribution in [2.75, 3.05) is 18.5 Å². The van der Waals surface area contributed by atoms with Gasteiger partial charge in [0.15, 0.2) is 0 Å². The molecule has 9 heteroatoms. The standard InChI is InChI=1S/C20H21ClN4O2S2/c1-3-25(4-2)29(26,27)17-10-7-9-15(12-17)19-14-28-20(23-19)24-22-13-16-8-5-6-11-18(16)21/h5-14H,3-4H2,1-2H3,(H,23,24)/b22-13+. The number of nitrogens with one attached hydrogen (secondary N) is 1. The summed E-state index contributed by atoms with van der Waals surface area (Å²) in [5.74, 6) is 0. The molecule has 29 heavy (non-hydrogen) atoms. The highest BCUT2D eigenvalue weighted by Crippen LogP contribution is 2.27. The summed E-state index contributed by atoms with van der Waals surface area (Å²) in [5, 5.41) is 7.24. The number of sulfonamides is 1. The second-order valence-electron chi connectivity index (χ2n) is 6.05. The van der Waals surface area contributed by atoms with E-state index in [4.69, 9.17) is 11.6 Å². The highest BCUT2D eigenvalue weighted by molar-refractivity contribution is 7.89. The zero-order valence-electron chi connectivity index (χ0n) is 16.0. The van der Waals surface area contributed by atoms with Gasteiger partial charge in [0.2, 0.25) is 15.2 Å². The van der Waals surface area contributed by atoms with Crippen molar-refractivity contribution in [3.63, 3.8) is 0 Å². The maximum atomic E-state index is 12.8. The Hall–Kier alpha value is -2.26. The summed E-state index contributed by atoms with van der Waals surface area (Å²) in [6.45, 7) is 4.51. The summed E-state index contributed by atoms with van der Waals surface area (Å²) in [5.41, 5.74) is 5.10. The number of rotatable bonds is 8. The number of halogens is 1. The summed E-state index contributed by atoms with van der Waals surface area (Å²) in [4.78, 5) is 4.76. The van der Waals surface area contributed by atoms with Crippen LogP contribution in [0.3, 0.4) is 0 Å². The van der Waals surface area contributed by atoms with Crippen molar-refractivity contribution >= 4 is 44.3 Å². The number of thiazole rings is 1. The van der Waals surface area contributed by atoms with Crippen molar-refractivity contribution in [1.82, 2.24) is 9.29 Å². The van der Waals surface area contributed by atoms with Crippen molar-refractivity contribution in [2.24, 2.45) is 5.10 Å². The molecule has 0 atom stereocenters. The van der Waals surface area contributed by atoms with E-state index >= 15 is 0 Å². The maximum absolute atomic E-state index is 12.8. The minimum atomic E-state index is -3.52. The summed E-state index contributed by atoms with van der Waals surface area (Å²) >= 11 is 7.48. The van der Waals surface area contributed by atoms with Crippen LogP contribution in [-0.2, 0) is 10.0 Å². The topological polar surface area (TPSA) is 74.7 Å². The molecule has 0 amide bonds. The molecule has 0 aliphatic rings. The Morgan fingerprint density at radius 3 is 2.66 bits per heavy atom. The number of hydrogen-bond acceptors (Lipinski definition) is 6. The van der Waals surface area contributed by atoms with E-state index in [1.165, 1.54) is 15.6 Å². The first-order chi connectivity index (χ1) is 14.0. The maximum Gasteiger partial charge on any atom is 0.243 e. The minimum absolute atomic E-state index is 0.262. The van der Waals surface area contributed by atoms with E-state index < -0.39 is 10.0 Å². The van der Waals surface area contributed by atoms with E-state index in [-0.39, 0.29) is 4.90 Å². The van der Waals surface area contributed by atoms with Gasteiger partial charge >= 0.3 is 0 Å². The van der Waals surface area contributed by atoms with Crippen LogP contribution in [-0.4, -0.2) is 37.0 Å². The molecule has 1 aromatic heterocycles. The van der Waals surface area contributed by atoms with Gasteiger partial charge in [-0.1, -0.05) is 55.8 Å². The third-order valence-corrected chi connectivity index (χ3v) is 7.38. The van der Waals surface area contributed by atoms with Gasteiger partial charge in [-0.2, -0.15) is 9.41 Å². The molecule has 1 heterocycles. The number of hydrazone groups is 1. The number of aromatic nitrogens is 1. The van der Waals surface area contributed by atoms with E-state index in [1.807, 2.05) is 43.5 Å². The third kappa shape index (κ3) is 5.02. The van der Waals surface area contributed by atoms with E-state index in [9.17, 15) is 8.42 Å². The SMILES string of the molecule is CCN(CC)S(=O)(=O)c1cccc(-c2csc(N/N=C/c3ccccc3Cl)n2)c1. The fourth-order valence-corrected chi connectivity index (χ4v) is 5.08. The average molecular weight is 449 g/mol. The van der Waals surface area contributed by atoms with Gasteiger partial charge < -0.3 is 0 Å². The number of benzene rings is 2. The van der Waals surface area contributed by atoms with E-state index in [1.54, 1.807) is 30.5 Å². The van der Waals surface area contributed by atoms with Gasteiger partial charge in [-0.25, -0.2) is 13.4 Å². The monoisotopic (exact) mass is 448 g/mol. The lowest BCUT2D eigenvalue weighted by Gasteiger charge is -2.18. The lowest BCUT2D eigenvalue weighted by Crippen LogP contribution is -2.30. The van der Waals surface area contributed by atoms with Crippen molar-refractivity contribution in [3.05, 3.63) is 64.5 Å². The van der Waals surface area contributed by atoms with Gasteiger partial charge in [-0.3, -0.25) is 5.43 Å². The summed E-state index contributed by atoms with van der Waals surface area (Å²) < 4.78 is 26.9. The first-order valence-corrected chi connectivity index (χ1v) is 11.7. The molecule has 3 rings (SSSR count). The number of hydrogen-bond donors (Lipinski definition) is 1. The molecule has 6 nitrogen and oxygen atoms in total. The largest absolute Gasteiger partial charge is 0.253 e. The second-order valence-corrected chi connectivity index (χ2v) is 9.25. The molecule has 0 bridgehead atoms. The Labute approximate surface area is 179 Å². The molecular formula is C20H21ClN4O2S2. The molecule has 0 unspecified atom stereocenters. The molecule has 2 aromatic carbocycles. The van der Waals surface area contributed by atoms with Crippen LogP contribution >= 0.6 is 22.9 Å². The fraction of sp³-hybridized carbons (Fsp3) is 0.200. The van der Waals surface area contributed by atoms with E-state index in [2.05, 4.69) is 15.5 Å². The molecule has 0 saturated heterocycles. The summed E-state index contributed by atoms with van der Waals surface area (Å²) in [6, 6.07) is 14.2. The van der Waals surface area contributed by atoms with Gasteiger partial charge in [0.05, 0.1) is 16.8 Å². The molecule has 3 aromatic rings. The predicted octanol–water partition coefficient (Wildman–Crippen LogP) is 4.94. The normalized spacial score (nSPS) is 12.0. The van der Waals surface area contributed by atoms with Gasteiger partial charge in [-0.05, 0) is 18.2 Å². The summed E-state index contributed by atoms with van der Waals surface area (Å²) in [6.07, 6.45) is 1.63. The van der Waals surface area contributed by atoms with Crippen LogP contribution < -0.4 is 5.43 Å². The zero-order valence-corrected chi connectivity index (χ0v) is 18.4. The fourth-order valence-electron chi connectivity index (χ4n) is 2.72. The van der Waals surface area contributed by atoms with Crippen LogP contribution in [0.1, 0.15) is 19.4 Å². The molecular weight excluding hydrogens is 428 g/mol. The van der Waals surface area contributed by atoms with Crippen molar-refractivity contribution in [3.8, 4) is 11.3 Å².